The quantitative estimate of drug-likeness (QED) is 0.293. The maximum Gasteiger partial charge on any atom is 0.149 e. The second kappa shape index (κ2) is 7.13. The number of fused-ring (bicyclic) bond motifs is 1. The number of benzene rings is 2. The lowest BCUT2D eigenvalue weighted by Crippen LogP contribution is -2.20. The van der Waals surface area contributed by atoms with Gasteiger partial charge in [-0.3, -0.25) is 20.2 Å². The molecule has 0 saturated carbocycles. The van der Waals surface area contributed by atoms with Gasteiger partial charge in [0.05, 0.1) is 11.0 Å². The van der Waals surface area contributed by atoms with Crippen molar-refractivity contribution >= 4 is 11.0 Å². The fraction of sp³-hybridized carbons (Fsp3) is 0.185. The highest BCUT2D eigenvalue weighted by Gasteiger charge is 2.47. The minimum atomic E-state index is -0.430. The summed E-state index contributed by atoms with van der Waals surface area (Å²) in [5.74, 6) is 0. The lowest BCUT2D eigenvalue weighted by Gasteiger charge is -2.24. The van der Waals surface area contributed by atoms with Crippen LogP contribution in [0, 0.1) is 27.7 Å². The van der Waals surface area contributed by atoms with E-state index in [4.69, 9.17) is 9.97 Å². The van der Waals surface area contributed by atoms with Crippen molar-refractivity contribution in [3.05, 3.63) is 94.6 Å². The summed E-state index contributed by atoms with van der Waals surface area (Å²) in [6, 6.07) is 21.3. The molecule has 4 N–H and O–H groups in total. The van der Waals surface area contributed by atoms with Crippen molar-refractivity contribution in [3.8, 4) is 22.3 Å². The molecule has 0 spiro atoms. The maximum atomic E-state index is 4.77. The third-order valence-corrected chi connectivity index (χ3v) is 6.64. The first-order valence-electron chi connectivity index (χ1n) is 11.2. The molecule has 6 rings (SSSR count). The summed E-state index contributed by atoms with van der Waals surface area (Å²) in [6.45, 7) is 8.22. The Morgan fingerprint density at radius 2 is 1.24 bits per heavy atom. The molecule has 0 unspecified atom stereocenters. The summed E-state index contributed by atoms with van der Waals surface area (Å²) in [4.78, 5) is 9.53. The minimum Gasteiger partial charge on any atom is -0.298 e. The van der Waals surface area contributed by atoms with Gasteiger partial charge in [0.1, 0.15) is 5.66 Å². The van der Waals surface area contributed by atoms with Gasteiger partial charge in [0.15, 0.2) is 0 Å². The lowest BCUT2D eigenvalue weighted by atomic mass is 9.85. The summed E-state index contributed by atoms with van der Waals surface area (Å²) < 4.78 is 0. The van der Waals surface area contributed by atoms with E-state index in [1.807, 2.05) is 19.9 Å². The number of hydrogen-bond donors (Lipinski definition) is 4. The van der Waals surface area contributed by atoms with Gasteiger partial charge in [-0.2, -0.15) is 0 Å². The molecule has 1 aliphatic rings. The van der Waals surface area contributed by atoms with Gasteiger partial charge in [-0.15, -0.1) is 0 Å². The topological polar surface area (TPSA) is 101 Å². The maximum absolute atomic E-state index is 4.77. The van der Waals surface area contributed by atoms with Gasteiger partial charge in [-0.05, 0) is 57.0 Å². The summed E-state index contributed by atoms with van der Waals surface area (Å²) in [5.41, 5.74) is 19.5. The molecule has 1 fully saturated rings. The molecule has 4 heterocycles. The Labute approximate surface area is 192 Å². The van der Waals surface area contributed by atoms with Crippen molar-refractivity contribution in [1.82, 2.24) is 31.0 Å². The summed E-state index contributed by atoms with van der Waals surface area (Å²) >= 11 is 0. The van der Waals surface area contributed by atoms with Gasteiger partial charge in [0.2, 0.25) is 0 Å². The lowest BCUT2D eigenvalue weighted by molar-refractivity contribution is 0.793. The van der Waals surface area contributed by atoms with Crippen LogP contribution in [0.25, 0.3) is 33.3 Å². The molecular weight excluding hydrogens is 408 g/mol. The zero-order chi connectivity index (χ0) is 22.7. The molecule has 164 valence electrons. The number of rotatable bonds is 4. The van der Waals surface area contributed by atoms with E-state index in [1.165, 1.54) is 5.56 Å². The number of hydrogen-bond acceptors (Lipinski definition) is 4. The fourth-order valence-electron chi connectivity index (χ4n) is 4.90. The SMILES string of the molecule is Cc1ccc(-c2cc(C3(c4ccccc4)NN3)c3[nH][nH]c3c2-c2ccc(C)nc2C)c(C)n1. The molecule has 1 aliphatic heterocycles. The number of aryl methyl sites for hydroxylation is 4. The Morgan fingerprint density at radius 1 is 0.636 bits per heavy atom. The van der Waals surface area contributed by atoms with Crippen LogP contribution in [0.2, 0.25) is 0 Å². The highest BCUT2D eigenvalue weighted by molar-refractivity contribution is 6.04. The van der Waals surface area contributed by atoms with E-state index < -0.39 is 5.66 Å². The standard InChI is InChI=1S/C27H26N6/c1-15-10-12-20(17(3)28-15)22-14-23(27(32-33-27)19-8-6-5-7-9-19)25-26(31-30-25)24(22)21-13-11-16(2)29-18(21)4/h5-14,30-33H,1-4H3. The Bertz CT molecular complexity index is 1500. The number of aromatic nitrogens is 4. The van der Waals surface area contributed by atoms with Crippen LogP contribution in [0.5, 0.6) is 0 Å². The molecule has 0 amide bonds. The van der Waals surface area contributed by atoms with Crippen molar-refractivity contribution in [2.24, 2.45) is 0 Å². The summed E-state index contributed by atoms with van der Waals surface area (Å²) in [6.07, 6.45) is 0. The number of hydrazine groups is 1. The van der Waals surface area contributed by atoms with Crippen molar-refractivity contribution in [3.63, 3.8) is 0 Å². The van der Waals surface area contributed by atoms with Crippen molar-refractivity contribution < 1.29 is 0 Å². The second-order valence-electron chi connectivity index (χ2n) is 8.88. The molecule has 2 aromatic carbocycles. The first-order valence-corrected chi connectivity index (χ1v) is 11.2. The van der Waals surface area contributed by atoms with Gasteiger partial charge in [0.25, 0.3) is 0 Å². The van der Waals surface area contributed by atoms with E-state index in [0.29, 0.717) is 0 Å². The minimum absolute atomic E-state index is 0.430. The third kappa shape index (κ3) is 3.03. The normalized spacial score (nSPS) is 14.7. The number of pyridine rings is 2. The van der Waals surface area contributed by atoms with Crippen LogP contribution in [-0.4, -0.2) is 20.2 Å². The van der Waals surface area contributed by atoms with Gasteiger partial charge < -0.3 is 0 Å². The Kier molecular flexibility index (Phi) is 4.30. The van der Waals surface area contributed by atoms with Gasteiger partial charge >= 0.3 is 0 Å². The van der Waals surface area contributed by atoms with E-state index in [2.05, 4.69) is 89.5 Å². The third-order valence-electron chi connectivity index (χ3n) is 6.64. The fourth-order valence-corrected chi connectivity index (χ4v) is 4.90. The smallest absolute Gasteiger partial charge is 0.149 e. The highest BCUT2D eigenvalue weighted by atomic mass is 15.7. The van der Waals surface area contributed by atoms with Gasteiger partial charge in [-0.1, -0.05) is 42.5 Å². The predicted octanol–water partition coefficient (Wildman–Crippen LogP) is 5.16. The van der Waals surface area contributed by atoms with Gasteiger partial charge in [-0.25, -0.2) is 10.9 Å². The molecule has 0 aliphatic carbocycles. The molecule has 5 aromatic rings. The molecule has 0 radical (unpaired) electrons. The van der Waals surface area contributed by atoms with Crippen LogP contribution in [0.4, 0.5) is 0 Å². The Balaban J connectivity index is 1.67. The second-order valence-corrected chi connectivity index (χ2v) is 8.88. The Morgan fingerprint density at radius 3 is 1.79 bits per heavy atom. The molecule has 0 atom stereocenters. The van der Waals surface area contributed by atoms with E-state index >= 15 is 0 Å². The summed E-state index contributed by atoms with van der Waals surface area (Å²) in [5, 5.41) is 6.73. The number of nitrogens with one attached hydrogen (secondary N) is 4. The monoisotopic (exact) mass is 434 g/mol. The molecular formula is C27H26N6. The number of nitrogens with zero attached hydrogens (tertiary/aromatic N) is 2. The van der Waals surface area contributed by atoms with Crippen LogP contribution in [0.3, 0.4) is 0 Å². The first kappa shape index (κ1) is 19.9. The molecule has 0 bridgehead atoms. The first-order chi connectivity index (χ1) is 16.0. The van der Waals surface area contributed by atoms with E-state index in [0.717, 1.165) is 61.6 Å². The Hall–Kier alpha value is -3.74. The zero-order valence-corrected chi connectivity index (χ0v) is 19.2. The van der Waals surface area contributed by atoms with E-state index in [1.54, 1.807) is 0 Å². The molecule has 3 aromatic heterocycles. The van der Waals surface area contributed by atoms with Crippen LogP contribution in [0.1, 0.15) is 33.9 Å². The van der Waals surface area contributed by atoms with E-state index in [9.17, 15) is 0 Å². The van der Waals surface area contributed by atoms with Crippen LogP contribution in [0.15, 0.2) is 60.7 Å². The molecule has 1 saturated heterocycles. The zero-order valence-electron chi connectivity index (χ0n) is 19.2. The van der Waals surface area contributed by atoms with Crippen molar-refractivity contribution in [1.29, 1.82) is 0 Å². The summed E-state index contributed by atoms with van der Waals surface area (Å²) in [7, 11) is 0. The van der Waals surface area contributed by atoms with Crippen molar-refractivity contribution in [2.75, 3.05) is 0 Å². The number of H-pyrrole nitrogens is 2. The van der Waals surface area contributed by atoms with Gasteiger partial charge in [0, 0.05) is 45.0 Å². The van der Waals surface area contributed by atoms with Crippen LogP contribution < -0.4 is 10.9 Å². The van der Waals surface area contributed by atoms with E-state index in [-0.39, 0.29) is 0 Å². The highest BCUT2D eigenvalue weighted by Crippen LogP contribution is 2.46. The average molecular weight is 435 g/mol. The molecule has 33 heavy (non-hydrogen) atoms. The van der Waals surface area contributed by atoms with Crippen molar-refractivity contribution in [2.45, 2.75) is 33.4 Å². The van der Waals surface area contributed by atoms with Crippen LogP contribution >= 0.6 is 0 Å². The largest absolute Gasteiger partial charge is 0.298 e. The predicted molar refractivity (Wildman–Crippen MR) is 132 cm³/mol. The van der Waals surface area contributed by atoms with Crippen LogP contribution in [-0.2, 0) is 5.66 Å². The average Bonchev–Trinajstić information content (AvgIpc) is 3.57. The molecule has 6 heteroatoms. The number of aromatic amines is 2. The molecule has 6 nitrogen and oxygen atoms in total.